The third-order valence-electron chi connectivity index (χ3n) is 1.93. The summed E-state index contributed by atoms with van der Waals surface area (Å²) in [5.41, 5.74) is 0.786. The first-order valence-electron chi connectivity index (χ1n) is 5.10. The summed E-state index contributed by atoms with van der Waals surface area (Å²) in [7, 11) is 0. The van der Waals surface area contributed by atoms with Crippen LogP contribution < -0.4 is 10.9 Å². The summed E-state index contributed by atoms with van der Waals surface area (Å²) in [6.45, 7) is 4.86. The van der Waals surface area contributed by atoms with Crippen LogP contribution in [0.15, 0.2) is 10.9 Å². The molecule has 0 aliphatic rings. The Bertz CT molecular complexity index is 332. The molecule has 1 aromatic heterocycles. The number of anilines is 1. The number of hydrogen-bond acceptors (Lipinski definition) is 3. The van der Waals surface area contributed by atoms with Crippen LogP contribution in [-0.4, -0.2) is 16.5 Å². The molecule has 0 spiro atoms. The molecule has 78 valence electrons. The van der Waals surface area contributed by atoms with Gasteiger partial charge in [-0.1, -0.05) is 13.3 Å². The van der Waals surface area contributed by atoms with Gasteiger partial charge in [-0.05, 0) is 19.8 Å². The Hall–Kier alpha value is -1.32. The van der Waals surface area contributed by atoms with Crippen LogP contribution in [-0.2, 0) is 6.42 Å². The number of unbranched alkanes of at least 4 members (excludes halogenated alkanes) is 1. The second-order valence-electron chi connectivity index (χ2n) is 3.22. The average molecular weight is 195 g/mol. The molecule has 0 saturated carbocycles. The van der Waals surface area contributed by atoms with Gasteiger partial charge in [0.2, 0.25) is 5.95 Å². The van der Waals surface area contributed by atoms with Crippen molar-refractivity contribution < 1.29 is 0 Å². The zero-order valence-corrected chi connectivity index (χ0v) is 8.76. The third kappa shape index (κ3) is 3.20. The fourth-order valence-corrected chi connectivity index (χ4v) is 1.25. The first kappa shape index (κ1) is 10.8. The van der Waals surface area contributed by atoms with Crippen LogP contribution in [0.4, 0.5) is 5.95 Å². The van der Waals surface area contributed by atoms with Gasteiger partial charge in [0.05, 0.1) is 0 Å². The SMILES string of the molecule is CCCCc1cc(=O)[nH]c(NCC)n1. The topological polar surface area (TPSA) is 57.8 Å². The number of hydrogen-bond donors (Lipinski definition) is 2. The number of nitrogens with zero attached hydrogens (tertiary/aromatic N) is 1. The lowest BCUT2D eigenvalue weighted by molar-refractivity contribution is 0.771. The van der Waals surface area contributed by atoms with Crippen molar-refractivity contribution in [3.8, 4) is 0 Å². The standard InChI is InChI=1S/C10H17N3O/c1-3-5-6-8-7-9(14)13-10(12-8)11-4-2/h7H,3-6H2,1-2H3,(H2,11,12,13,14). The van der Waals surface area contributed by atoms with Gasteiger partial charge in [0.25, 0.3) is 5.56 Å². The Morgan fingerprint density at radius 1 is 1.50 bits per heavy atom. The maximum absolute atomic E-state index is 11.2. The van der Waals surface area contributed by atoms with E-state index in [1.54, 1.807) is 6.07 Å². The van der Waals surface area contributed by atoms with E-state index in [-0.39, 0.29) is 5.56 Å². The number of aromatic nitrogens is 2. The van der Waals surface area contributed by atoms with Crippen molar-refractivity contribution in [2.45, 2.75) is 33.1 Å². The van der Waals surface area contributed by atoms with Gasteiger partial charge < -0.3 is 5.32 Å². The Balaban J connectivity index is 2.78. The van der Waals surface area contributed by atoms with Gasteiger partial charge in [-0.25, -0.2) is 4.98 Å². The predicted octanol–water partition coefficient (Wildman–Crippen LogP) is 1.54. The van der Waals surface area contributed by atoms with Crippen molar-refractivity contribution in [3.63, 3.8) is 0 Å². The molecule has 4 nitrogen and oxygen atoms in total. The molecule has 0 fully saturated rings. The molecule has 0 unspecified atom stereocenters. The number of rotatable bonds is 5. The van der Waals surface area contributed by atoms with Gasteiger partial charge in [0.1, 0.15) is 0 Å². The van der Waals surface area contributed by atoms with Gasteiger partial charge >= 0.3 is 0 Å². The van der Waals surface area contributed by atoms with Crippen molar-refractivity contribution in [1.29, 1.82) is 0 Å². The lowest BCUT2D eigenvalue weighted by Gasteiger charge is -2.03. The maximum Gasteiger partial charge on any atom is 0.252 e. The highest BCUT2D eigenvalue weighted by molar-refractivity contribution is 5.24. The maximum atomic E-state index is 11.2. The highest BCUT2D eigenvalue weighted by Crippen LogP contribution is 2.01. The lowest BCUT2D eigenvalue weighted by atomic mass is 10.2. The summed E-state index contributed by atoms with van der Waals surface area (Å²) in [4.78, 5) is 18.2. The minimum absolute atomic E-state index is 0.0814. The van der Waals surface area contributed by atoms with Crippen LogP contribution in [0.3, 0.4) is 0 Å². The van der Waals surface area contributed by atoms with Gasteiger partial charge in [-0.3, -0.25) is 9.78 Å². The fraction of sp³-hybridized carbons (Fsp3) is 0.600. The van der Waals surface area contributed by atoms with Crippen molar-refractivity contribution in [1.82, 2.24) is 9.97 Å². The Morgan fingerprint density at radius 2 is 2.29 bits per heavy atom. The molecule has 4 heteroatoms. The number of aryl methyl sites for hydroxylation is 1. The van der Waals surface area contributed by atoms with Crippen LogP contribution in [0, 0.1) is 0 Å². The summed E-state index contributed by atoms with van der Waals surface area (Å²) < 4.78 is 0. The fourth-order valence-electron chi connectivity index (χ4n) is 1.25. The van der Waals surface area contributed by atoms with Crippen LogP contribution in [0.25, 0.3) is 0 Å². The molecule has 0 aliphatic carbocycles. The van der Waals surface area contributed by atoms with Crippen LogP contribution in [0.2, 0.25) is 0 Å². The summed E-state index contributed by atoms with van der Waals surface area (Å²) in [6, 6.07) is 1.57. The van der Waals surface area contributed by atoms with Gasteiger partial charge in [-0.15, -0.1) is 0 Å². The quantitative estimate of drug-likeness (QED) is 0.749. The van der Waals surface area contributed by atoms with E-state index in [2.05, 4.69) is 22.2 Å². The second-order valence-corrected chi connectivity index (χ2v) is 3.22. The molecule has 14 heavy (non-hydrogen) atoms. The van der Waals surface area contributed by atoms with Crippen LogP contribution in [0.1, 0.15) is 32.4 Å². The molecule has 1 aromatic rings. The predicted molar refractivity (Wildman–Crippen MR) is 57.6 cm³/mol. The van der Waals surface area contributed by atoms with E-state index in [4.69, 9.17) is 0 Å². The van der Waals surface area contributed by atoms with E-state index < -0.39 is 0 Å². The van der Waals surface area contributed by atoms with Crippen molar-refractivity contribution in [2.24, 2.45) is 0 Å². The molecule has 0 aliphatic heterocycles. The van der Waals surface area contributed by atoms with Crippen molar-refractivity contribution in [3.05, 3.63) is 22.1 Å². The molecule has 0 radical (unpaired) electrons. The van der Waals surface area contributed by atoms with Gasteiger partial charge in [0.15, 0.2) is 0 Å². The molecule has 0 atom stereocenters. The monoisotopic (exact) mass is 195 g/mol. The van der Waals surface area contributed by atoms with Gasteiger partial charge in [0, 0.05) is 18.3 Å². The average Bonchev–Trinajstić information content (AvgIpc) is 2.14. The van der Waals surface area contributed by atoms with Crippen molar-refractivity contribution >= 4 is 5.95 Å². The molecule has 1 heterocycles. The van der Waals surface area contributed by atoms with E-state index >= 15 is 0 Å². The summed E-state index contributed by atoms with van der Waals surface area (Å²) in [5, 5.41) is 3.00. The molecule has 0 bridgehead atoms. The number of aromatic amines is 1. The van der Waals surface area contributed by atoms with E-state index in [1.807, 2.05) is 6.92 Å². The number of nitrogens with one attached hydrogen (secondary N) is 2. The van der Waals surface area contributed by atoms with Crippen LogP contribution >= 0.6 is 0 Å². The molecule has 0 saturated heterocycles. The Labute approximate surface area is 83.8 Å². The lowest BCUT2D eigenvalue weighted by Crippen LogP contribution is -2.13. The van der Waals surface area contributed by atoms with Crippen LogP contribution in [0.5, 0.6) is 0 Å². The van der Waals surface area contributed by atoms with E-state index in [1.165, 1.54) is 0 Å². The van der Waals surface area contributed by atoms with E-state index in [9.17, 15) is 4.79 Å². The molecule has 1 rings (SSSR count). The van der Waals surface area contributed by atoms with E-state index in [0.29, 0.717) is 5.95 Å². The first-order chi connectivity index (χ1) is 6.76. The normalized spacial score (nSPS) is 10.1. The highest BCUT2D eigenvalue weighted by atomic mass is 16.1. The highest BCUT2D eigenvalue weighted by Gasteiger charge is 1.99. The summed E-state index contributed by atoms with van der Waals surface area (Å²) >= 11 is 0. The minimum atomic E-state index is -0.0814. The summed E-state index contributed by atoms with van der Waals surface area (Å²) in [5.74, 6) is 0.575. The second kappa shape index (κ2) is 5.42. The molecule has 2 N–H and O–H groups in total. The van der Waals surface area contributed by atoms with Gasteiger partial charge in [-0.2, -0.15) is 0 Å². The molecule has 0 amide bonds. The third-order valence-corrected chi connectivity index (χ3v) is 1.93. The largest absolute Gasteiger partial charge is 0.356 e. The first-order valence-corrected chi connectivity index (χ1v) is 5.10. The van der Waals surface area contributed by atoms with Crippen molar-refractivity contribution in [2.75, 3.05) is 11.9 Å². The Kier molecular flexibility index (Phi) is 4.16. The smallest absolute Gasteiger partial charge is 0.252 e. The molecular formula is C10H17N3O. The zero-order valence-electron chi connectivity index (χ0n) is 8.76. The molecule has 0 aromatic carbocycles. The molecular weight excluding hydrogens is 178 g/mol. The number of H-pyrrole nitrogens is 1. The zero-order chi connectivity index (χ0) is 10.4. The van der Waals surface area contributed by atoms with E-state index in [0.717, 1.165) is 31.5 Å². The Morgan fingerprint density at radius 3 is 2.93 bits per heavy atom. The minimum Gasteiger partial charge on any atom is -0.356 e. The summed E-state index contributed by atoms with van der Waals surface area (Å²) in [6.07, 6.45) is 3.06.